The summed E-state index contributed by atoms with van der Waals surface area (Å²) < 4.78 is 0.879. The van der Waals surface area contributed by atoms with E-state index in [2.05, 4.69) is 51.6 Å². The number of benzene rings is 1. The van der Waals surface area contributed by atoms with Crippen molar-refractivity contribution in [1.29, 1.82) is 0 Å². The molecule has 0 aliphatic heterocycles. The highest BCUT2D eigenvalue weighted by Gasteiger charge is 2.04. The predicted octanol–water partition coefficient (Wildman–Crippen LogP) is 3.44. The van der Waals surface area contributed by atoms with E-state index in [0.717, 1.165) is 14.9 Å². The van der Waals surface area contributed by atoms with Crippen LogP contribution >= 0.6 is 34.4 Å². The number of nitrogens with zero attached hydrogens (tertiary/aromatic N) is 2. The van der Waals surface area contributed by atoms with Crippen LogP contribution in [0.2, 0.25) is 0 Å². The Bertz CT molecular complexity index is 514. The molecule has 3 nitrogen and oxygen atoms in total. The van der Waals surface area contributed by atoms with Crippen LogP contribution in [-0.4, -0.2) is 15.7 Å². The van der Waals surface area contributed by atoms with Crippen LogP contribution in [-0.2, 0) is 0 Å². The number of thioether (sulfide) groups is 1. The molecule has 0 amide bonds. The van der Waals surface area contributed by atoms with Crippen molar-refractivity contribution in [3.63, 3.8) is 0 Å². The van der Waals surface area contributed by atoms with Crippen LogP contribution in [0.15, 0.2) is 35.4 Å². The van der Waals surface area contributed by atoms with Crippen molar-refractivity contribution >= 4 is 40.2 Å². The Morgan fingerprint density at radius 2 is 2.00 bits per heavy atom. The van der Waals surface area contributed by atoms with E-state index >= 15 is 0 Å². The van der Waals surface area contributed by atoms with E-state index in [1.54, 1.807) is 6.20 Å². The SMILES string of the molecule is CCSc1ccc(-c2ncc(I)c(N)n2)cc1. The number of nitrogens with two attached hydrogens (primary N) is 1. The van der Waals surface area contributed by atoms with Crippen LogP contribution in [0.4, 0.5) is 5.82 Å². The summed E-state index contributed by atoms with van der Waals surface area (Å²) in [5, 5.41) is 0. The monoisotopic (exact) mass is 357 g/mol. The van der Waals surface area contributed by atoms with Gasteiger partial charge in [0, 0.05) is 16.7 Å². The lowest BCUT2D eigenvalue weighted by Gasteiger charge is -2.03. The van der Waals surface area contributed by atoms with Gasteiger partial charge in [0.15, 0.2) is 5.82 Å². The van der Waals surface area contributed by atoms with Gasteiger partial charge >= 0.3 is 0 Å². The average molecular weight is 357 g/mol. The highest BCUT2D eigenvalue weighted by atomic mass is 127. The Hall–Kier alpha value is -0.820. The lowest BCUT2D eigenvalue weighted by atomic mass is 10.2. The van der Waals surface area contributed by atoms with Gasteiger partial charge in [0.25, 0.3) is 0 Å². The van der Waals surface area contributed by atoms with Gasteiger partial charge < -0.3 is 5.73 Å². The maximum atomic E-state index is 5.77. The summed E-state index contributed by atoms with van der Waals surface area (Å²) in [4.78, 5) is 9.81. The largest absolute Gasteiger partial charge is 0.383 e. The second-order valence-electron chi connectivity index (χ2n) is 3.38. The third-order valence-corrected chi connectivity index (χ3v) is 3.92. The predicted molar refractivity (Wildman–Crippen MR) is 81.0 cm³/mol. The molecule has 0 unspecified atom stereocenters. The topological polar surface area (TPSA) is 51.8 Å². The molecule has 1 heterocycles. The molecule has 0 atom stereocenters. The second kappa shape index (κ2) is 5.68. The van der Waals surface area contributed by atoms with Gasteiger partial charge in [0.05, 0.1) is 3.57 Å². The number of halogens is 1. The van der Waals surface area contributed by atoms with Gasteiger partial charge in [-0.25, -0.2) is 9.97 Å². The fraction of sp³-hybridized carbons (Fsp3) is 0.167. The number of hydrogen-bond acceptors (Lipinski definition) is 4. The third-order valence-electron chi connectivity index (χ3n) is 2.19. The van der Waals surface area contributed by atoms with Crippen molar-refractivity contribution in [1.82, 2.24) is 9.97 Å². The lowest BCUT2D eigenvalue weighted by molar-refractivity contribution is 1.17. The quantitative estimate of drug-likeness (QED) is 0.675. The number of rotatable bonds is 3. The van der Waals surface area contributed by atoms with Crippen molar-refractivity contribution in [3.8, 4) is 11.4 Å². The molecule has 17 heavy (non-hydrogen) atoms. The Morgan fingerprint density at radius 3 is 2.59 bits per heavy atom. The van der Waals surface area contributed by atoms with Crippen molar-refractivity contribution in [3.05, 3.63) is 34.0 Å². The minimum atomic E-state index is 0.530. The zero-order valence-corrected chi connectivity index (χ0v) is 12.3. The normalized spacial score (nSPS) is 10.5. The van der Waals surface area contributed by atoms with Gasteiger partial charge in [0.1, 0.15) is 5.82 Å². The Balaban J connectivity index is 2.30. The van der Waals surface area contributed by atoms with Gasteiger partial charge in [-0.05, 0) is 40.5 Å². The molecule has 0 saturated heterocycles. The first-order valence-corrected chi connectivity index (χ1v) is 7.28. The van der Waals surface area contributed by atoms with Crippen LogP contribution in [0.3, 0.4) is 0 Å². The molecule has 0 radical (unpaired) electrons. The summed E-state index contributed by atoms with van der Waals surface area (Å²) in [6, 6.07) is 8.22. The fourth-order valence-corrected chi connectivity index (χ4v) is 2.31. The van der Waals surface area contributed by atoms with E-state index in [9.17, 15) is 0 Å². The minimum absolute atomic E-state index is 0.530. The summed E-state index contributed by atoms with van der Waals surface area (Å²) in [6.07, 6.45) is 1.74. The maximum absolute atomic E-state index is 5.77. The van der Waals surface area contributed by atoms with Crippen LogP contribution in [0.5, 0.6) is 0 Å². The van der Waals surface area contributed by atoms with E-state index in [1.165, 1.54) is 4.90 Å². The number of anilines is 1. The molecule has 1 aromatic heterocycles. The molecule has 0 fully saturated rings. The molecule has 1 aromatic carbocycles. The first kappa shape index (κ1) is 12.6. The molecule has 0 aliphatic carbocycles. The van der Waals surface area contributed by atoms with Gasteiger partial charge in [-0.15, -0.1) is 11.8 Å². The summed E-state index contributed by atoms with van der Waals surface area (Å²) in [5.74, 6) is 2.28. The first-order chi connectivity index (χ1) is 8.20. The second-order valence-corrected chi connectivity index (χ2v) is 5.88. The molecule has 88 valence electrons. The molecule has 0 saturated carbocycles. The maximum Gasteiger partial charge on any atom is 0.161 e. The van der Waals surface area contributed by atoms with Crippen molar-refractivity contribution in [2.45, 2.75) is 11.8 Å². The molecule has 0 spiro atoms. The van der Waals surface area contributed by atoms with Crippen LogP contribution in [0, 0.1) is 3.57 Å². The summed E-state index contributed by atoms with van der Waals surface area (Å²) >= 11 is 3.94. The number of hydrogen-bond donors (Lipinski definition) is 1. The molecular weight excluding hydrogens is 345 g/mol. The summed E-state index contributed by atoms with van der Waals surface area (Å²) in [5.41, 5.74) is 6.77. The van der Waals surface area contributed by atoms with Crippen LogP contribution in [0.25, 0.3) is 11.4 Å². The zero-order valence-electron chi connectivity index (χ0n) is 9.35. The van der Waals surface area contributed by atoms with E-state index in [0.29, 0.717) is 11.6 Å². The standard InChI is InChI=1S/C12H12IN3S/c1-2-17-9-5-3-8(4-6-9)12-15-7-10(13)11(14)16-12/h3-7H,2H2,1H3,(H2,14,15,16). The molecule has 2 N–H and O–H groups in total. The van der Waals surface area contributed by atoms with Crippen LogP contribution in [0.1, 0.15) is 6.92 Å². The summed E-state index contributed by atoms with van der Waals surface area (Å²) in [7, 11) is 0. The lowest BCUT2D eigenvalue weighted by Crippen LogP contribution is -1.98. The van der Waals surface area contributed by atoms with Crippen molar-refractivity contribution < 1.29 is 0 Å². The molecular formula is C12H12IN3S. The van der Waals surface area contributed by atoms with E-state index < -0.39 is 0 Å². The Morgan fingerprint density at radius 1 is 1.29 bits per heavy atom. The van der Waals surface area contributed by atoms with Gasteiger partial charge in [-0.3, -0.25) is 0 Å². The molecule has 2 rings (SSSR count). The molecule has 5 heteroatoms. The molecule has 0 aliphatic rings. The molecule has 2 aromatic rings. The van der Waals surface area contributed by atoms with E-state index in [4.69, 9.17) is 5.73 Å². The summed E-state index contributed by atoms with van der Waals surface area (Å²) in [6.45, 7) is 2.14. The number of aromatic nitrogens is 2. The van der Waals surface area contributed by atoms with Crippen LogP contribution < -0.4 is 5.73 Å². The van der Waals surface area contributed by atoms with E-state index in [-0.39, 0.29) is 0 Å². The van der Waals surface area contributed by atoms with Crippen molar-refractivity contribution in [2.24, 2.45) is 0 Å². The average Bonchev–Trinajstić information content (AvgIpc) is 2.34. The molecule has 0 bridgehead atoms. The van der Waals surface area contributed by atoms with Gasteiger partial charge in [0.2, 0.25) is 0 Å². The van der Waals surface area contributed by atoms with Crippen molar-refractivity contribution in [2.75, 3.05) is 11.5 Å². The number of nitrogen functional groups attached to an aromatic ring is 1. The Kier molecular flexibility index (Phi) is 4.22. The highest BCUT2D eigenvalue weighted by Crippen LogP contribution is 2.23. The zero-order chi connectivity index (χ0) is 12.3. The highest BCUT2D eigenvalue weighted by molar-refractivity contribution is 14.1. The third kappa shape index (κ3) is 3.10. The first-order valence-electron chi connectivity index (χ1n) is 5.22. The Labute approximate surface area is 118 Å². The smallest absolute Gasteiger partial charge is 0.161 e. The fourth-order valence-electron chi connectivity index (χ4n) is 1.39. The van der Waals surface area contributed by atoms with Gasteiger partial charge in [-0.2, -0.15) is 0 Å². The van der Waals surface area contributed by atoms with E-state index in [1.807, 2.05) is 23.9 Å². The van der Waals surface area contributed by atoms with Gasteiger partial charge in [-0.1, -0.05) is 19.1 Å². The minimum Gasteiger partial charge on any atom is -0.383 e.